The first-order chi connectivity index (χ1) is 13.6. The molecule has 0 saturated heterocycles. The van der Waals surface area contributed by atoms with E-state index in [0.717, 1.165) is 19.3 Å². The molecule has 0 spiro atoms. The fraction of sp³-hybridized carbons (Fsp3) is 0.524. The van der Waals surface area contributed by atoms with Gasteiger partial charge in [0.1, 0.15) is 0 Å². The number of hydrogen-bond donors (Lipinski definition) is 1. The van der Waals surface area contributed by atoms with Crippen molar-refractivity contribution in [1.82, 2.24) is 10.2 Å². The van der Waals surface area contributed by atoms with Gasteiger partial charge >= 0.3 is 0 Å². The summed E-state index contributed by atoms with van der Waals surface area (Å²) in [6.07, 6.45) is 7.18. The quantitative estimate of drug-likeness (QED) is 0.482. The van der Waals surface area contributed by atoms with Crippen molar-refractivity contribution < 1.29 is 14.0 Å². The first-order valence-corrected chi connectivity index (χ1v) is 10.9. The Morgan fingerprint density at radius 2 is 1.89 bits per heavy atom. The Morgan fingerprint density at radius 3 is 2.57 bits per heavy atom. The number of nitrogens with one attached hydrogen (secondary N) is 1. The minimum absolute atomic E-state index is 0.00569. The van der Waals surface area contributed by atoms with Gasteiger partial charge in [0, 0.05) is 23.6 Å². The molecule has 0 bridgehead atoms. The van der Waals surface area contributed by atoms with E-state index in [9.17, 15) is 9.59 Å². The summed E-state index contributed by atoms with van der Waals surface area (Å²) in [5, 5.41) is 11.2. The standard InChI is InChI=1S/C21H27N3O3S/c1-3-7-18(25)22-17-12-10-15(11-13-17)19(26)14(2)28-21-24-23-20(27-21)16-8-5-4-6-9-16/h10-14,16H,3-9H2,1-2H3,(H,22,25). The fourth-order valence-electron chi connectivity index (χ4n) is 3.39. The SMILES string of the molecule is CCCC(=O)Nc1ccc(C(=O)C(C)Sc2nnc(C3CCCCC3)o2)cc1. The van der Waals surface area contributed by atoms with E-state index in [1.165, 1.54) is 31.0 Å². The molecular formula is C21H27N3O3S. The summed E-state index contributed by atoms with van der Waals surface area (Å²) in [7, 11) is 0. The smallest absolute Gasteiger partial charge is 0.277 e. The average molecular weight is 402 g/mol. The van der Waals surface area contributed by atoms with Gasteiger partial charge in [0.05, 0.1) is 5.25 Å². The van der Waals surface area contributed by atoms with Crippen molar-refractivity contribution in [1.29, 1.82) is 0 Å². The number of Topliss-reactive ketones (excluding diaryl/α,β-unsaturated/α-hetero) is 1. The monoisotopic (exact) mass is 401 g/mol. The lowest BCUT2D eigenvalue weighted by Gasteiger charge is -2.17. The van der Waals surface area contributed by atoms with Crippen molar-refractivity contribution >= 4 is 29.1 Å². The van der Waals surface area contributed by atoms with Crippen LogP contribution in [0.1, 0.15) is 81.0 Å². The lowest BCUT2D eigenvalue weighted by molar-refractivity contribution is -0.116. The molecule has 6 nitrogen and oxygen atoms in total. The predicted molar refractivity (Wildman–Crippen MR) is 110 cm³/mol. The van der Waals surface area contributed by atoms with E-state index in [2.05, 4.69) is 15.5 Å². The van der Waals surface area contributed by atoms with Crippen molar-refractivity contribution in [2.45, 2.75) is 75.2 Å². The van der Waals surface area contributed by atoms with Crippen LogP contribution in [0.4, 0.5) is 5.69 Å². The Hall–Kier alpha value is -2.15. The average Bonchev–Trinajstić information content (AvgIpc) is 3.17. The van der Waals surface area contributed by atoms with Crippen LogP contribution < -0.4 is 5.32 Å². The molecule has 1 amide bonds. The maximum Gasteiger partial charge on any atom is 0.277 e. The van der Waals surface area contributed by atoms with Crippen LogP contribution in [0.25, 0.3) is 0 Å². The Kier molecular flexibility index (Phi) is 7.25. The zero-order valence-electron chi connectivity index (χ0n) is 16.4. The first kappa shape index (κ1) is 20.6. The molecule has 1 saturated carbocycles. The minimum atomic E-state index is -0.333. The maximum atomic E-state index is 12.7. The lowest BCUT2D eigenvalue weighted by Crippen LogP contribution is -2.14. The molecule has 3 rings (SSSR count). The van der Waals surface area contributed by atoms with Crippen molar-refractivity contribution in [3.63, 3.8) is 0 Å². The van der Waals surface area contributed by atoms with Crippen LogP contribution in [-0.4, -0.2) is 27.1 Å². The molecule has 0 radical (unpaired) electrons. The topological polar surface area (TPSA) is 85.1 Å². The minimum Gasteiger partial charge on any atom is -0.416 e. The molecule has 1 fully saturated rings. The van der Waals surface area contributed by atoms with Crippen LogP contribution in [0.15, 0.2) is 33.9 Å². The van der Waals surface area contributed by atoms with E-state index in [4.69, 9.17) is 4.42 Å². The van der Waals surface area contributed by atoms with E-state index in [1.54, 1.807) is 24.3 Å². The Morgan fingerprint density at radius 1 is 1.18 bits per heavy atom. The Labute approximate surface area is 169 Å². The summed E-state index contributed by atoms with van der Waals surface area (Å²) in [5.74, 6) is 1.04. The van der Waals surface area contributed by atoms with Gasteiger partial charge in [0.15, 0.2) is 5.78 Å². The van der Waals surface area contributed by atoms with Gasteiger partial charge in [-0.1, -0.05) is 37.9 Å². The molecule has 1 unspecified atom stereocenters. The summed E-state index contributed by atoms with van der Waals surface area (Å²) in [5.41, 5.74) is 1.30. The molecule has 1 heterocycles. The number of hydrogen-bond acceptors (Lipinski definition) is 6. The van der Waals surface area contributed by atoms with Crippen LogP contribution in [0.3, 0.4) is 0 Å². The van der Waals surface area contributed by atoms with Crippen molar-refractivity contribution in [2.24, 2.45) is 0 Å². The number of carbonyl (C=O) groups excluding carboxylic acids is 2. The van der Waals surface area contributed by atoms with E-state index in [0.29, 0.717) is 34.7 Å². The normalized spacial score (nSPS) is 15.9. The van der Waals surface area contributed by atoms with Gasteiger partial charge in [-0.15, -0.1) is 10.2 Å². The summed E-state index contributed by atoms with van der Waals surface area (Å²) in [6.45, 7) is 3.80. The van der Waals surface area contributed by atoms with E-state index in [1.807, 2.05) is 13.8 Å². The summed E-state index contributed by atoms with van der Waals surface area (Å²) >= 11 is 1.29. The fourth-order valence-corrected chi connectivity index (χ4v) is 4.16. The highest BCUT2D eigenvalue weighted by atomic mass is 32.2. The highest BCUT2D eigenvalue weighted by molar-refractivity contribution is 8.00. The number of ketones is 1. The number of rotatable bonds is 8. The lowest BCUT2D eigenvalue weighted by atomic mass is 9.89. The van der Waals surface area contributed by atoms with Gasteiger partial charge in [0.2, 0.25) is 11.8 Å². The molecule has 1 aromatic heterocycles. The van der Waals surface area contributed by atoms with Crippen molar-refractivity contribution in [3.05, 3.63) is 35.7 Å². The summed E-state index contributed by atoms with van der Waals surface area (Å²) in [6, 6.07) is 6.99. The number of nitrogens with zero attached hydrogens (tertiary/aromatic N) is 2. The molecule has 0 aliphatic heterocycles. The van der Waals surface area contributed by atoms with Crippen LogP contribution in [0, 0.1) is 0 Å². The predicted octanol–water partition coefficient (Wildman–Crippen LogP) is 5.22. The molecule has 7 heteroatoms. The largest absolute Gasteiger partial charge is 0.416 e. The van der Waals surface area contributed by atoms with Crippen molar-refractivity contribution in [3.8, 4) is 0 Å². The van der Waals surface area contributed by atoms with Gasteiger partial charge in [0.25, 0.3) is 5.22 Å². The molecule has 150 valence electrons. The first-order valence-electron chi connectivity index (χ1n) is 10.0. The molecule has 28 heavy (non-hydrogen) atoms. The number of thioether (sulfide) groups is 1. The third-order valence-corrected chi connectivity index (χ3v) is 5.89. The number of carbonyl (C=O) groups is 2. The molecule has 2 aromatic rings. The van der Waals surface area contributed by atoms with Crippen LogP contribution in [0.5, 0.6) is 0 Å². The third kappa shape index (κ3) is 5.44. The van der Waals surface area contributed by atoms with E-state index in [-0.39, 0.29) is 16.9 Å². The van der Waals surface area contributed by atoms with Crippen LogP contribution in [-0.2, 0) is 4.79 Å². The number of benzene rings is 1. The van der Waals surface area contributed by atoms with Gasteiger partial charge in [-0.25, -0.2) is 0 Å². The second kappa shape index (κ2) is 9.87. The number of amides is 1. The number of aromatic nitrogens is 2. The summed E-state index contributed by atoms with van der Waals surface area (Å²) in [4.78, 5) is 24.3. The Bertz CT molecular complexity index is 797. The molecular weight excluding hydrogens is 374 g/mol. The van der Waals surface area contributed by atoms with Crippen LogP contribution >= 0.6 is 11.8 Å². The van der Waals surface area contributed by atoms with Gasteiger partial charge in [-0.2, -0.15) is 0 Å². The van der Waals surface area contributed by atoms with E-state index >= 15 is 0 Å². The molecule has 1 atom stereocenters. The molecule has 1 aliphatic rings. The number of anilines is 1. The van der Waals surface area contributed by atoms with E-state index < -0.39 is 0 Å². The van der Waals surface area contributed by atoms with Crippen molar-refractivity contribution in [2.75, 3.05) is 5.32 Å². The molecule has 1 aromatic carbocycles. The second-order valence-electron chi connectivity index (χ2n) is 7.24. The molecule has 1 aliphatic carbocycles. The highest BCUT2D eigenvalue weighted by Gasteiger charge is 2.24. The highest BCUT2D eigenvalue weighted by Crippen LogP contribution is 2.34. The van der Waals surface area contributed by atoms with Gasteiger partial charge in [-0.3, -0.25) is 9.59 Å². The van der Waals surface area contributed by atoms with Gasteiger partial charge in [-0.05, 0) is 50.5 Å². The van der Waals surface area contributed by atoms with Crippen LogP contribution in [0.2, 0.25) is 0 Å². The molecule has 1 N–H and O–H groups in total. The maximum absolute atomic E-state index is 12.7. The zero-order chi connectivity index (χ0) is 19.9. The van der Waals surface area contributed by atoms with Gasteiger partial charge < -0.3 is 9.73 Å². The summed E-state index contributed by atoms with van der Waals surface area (Å²) < 4.78 is 5.81. The Balaban J connectivity index is 1.57. The zero-order valence-corrected chi connectivity index (χ0v) is 17.3. The third-order valence-electron chi connectivity index (χ3n) is 4.95. The second-order valence-corrected chi connectivity index (χ2v) is 8.53.